The molecule has 11 nitrogen and oxygen atoms in total. The minimum atomic E-state index is -0.515. The molecule has 0 bridgehead atoms. The highest BCUT2D eigenvalue weighted by Crippen LogP contribution is 2.35. The first kappa shape index (κ1) is 28.6. The number of carbonyl (C=O) groups excluding carboxylic acids is 1. The van der Waals surface area contributed by atoms with Gasteiger partial charge in [-0.25, -0.2) is 24.0 Å². The molecule has 0 unspecified atom stereocenters. The van der Waals surface area contributed by atoms with Crippen LogP contribution in [0.15, 0.2) is 80.0 Å². The van der Waals surface area contributed by atoms with Crippen molar-refractivity contribution in [3.05, 3.63) is 91.4 Å². The van der Waals surface area contributed by atoms with Crippen molar-refractivity contribution in [3.63, 3.8) is 0 Å². The number of benzene rings is 2. The van der Waals surface area contributed by atoms with Crippen molar-refractivity contribution in [1.29, 1.82) is 0 Å². The standard InChI is InChI=1S/C32H31FN8O3/c1-4-31(42)40-11-8-21(9-12-40)38-28-15-24-27(16-29(28)43-3)35-19-36-32(24)39-26-6-5-22(13-25(26)33)44-23-7-10-34-30(14-23)41-18-20(2)17-37-41/h4-7,10,13-19,21,38H,1,8-9,11-12H2,2-3H3,(H,35,36,39). The maximum absolute atomic E-state index is 15.3. The van der Waals surface area contributed by atoms with Gasteiger partial charge in [0.1, 0.15) is 35.2 Å². The summed E-state index contributed by atoms with van der Waals surface area (Å²) < 4.78 is 28.5. The second-order valence-electron chi connectivity index (χ2n) is 10.4. The van der Waals surface area contributed by atoms with E-state index in [1.165, 1.54) is 18.5 Å². The van der Waals surface area contributed by atoms with Gasteiger partial charge in [0.25, 0.3) is 0 Å². The molecule has 3 aromatic heterocycles. The molecule has 2 aromatic carbocycles. The van der Waals surface area contributed by atoms with Crippen LogP contribution in [0, 0.1) is 12.7 Å². The summed E-state index contributed by atoms with van der Waals surface area (Å²) in [6, 6.07) is 11.9. The molecule has 2 N–H and O–H groups in total. The number of rotatable bonds is 9. The SMILES string of the molecule is C=CC(=O)N1CCC(Nc2cc3c(Nc4ccc(Oc5ccnc(-n6cc(C)cn6)c5)cc4F)ncnc3cc2OC)CC1. The van der Waals surface area contributed by atoms with E-state index < -0.39 is 5.82 Å². The number of nitrogens with one attached hydrogen (secondary N) is 2. The second kappa shape index (κ2) is 12.4. The average Bonchev–Trinajstić information content (AvgIpc) is 3.48. The minimum absolute atomic E-state index is 0.0571. The Bertz CT molecular complexity index is 1830. The van der Waals surface area contributed by atoms with E-state index in [-0.39, 0.29) is 17.6 Å². The molecule has 1 aliphatic rings. The Morgan fingerprint density at radius 1 is 1.07 bits per heavy atom. The summed E-state index contributed by atoms with van der Waals surface area (Å²) >= 11 is 0. The predicted molar refractivity (Wildman–Crippen MR) is 165 cm³/mol. The molecule has 0 aliphatic carbocycles. The summed E-state index contributed by atoms with van der Waals surface area (Å²) in [7, 11) is 1.60. The predicted octanol–water partition coefficient (Wildman–Crippen LogP) is 5.79. The lowest BCUT2D eigenvalue weighted by Gasteiger charge is -2.32. The number of hydrogen-bond donors (Lipinski definition) is 2. The van der Waals surface area contributed by atoms with Crippen LogP contribution in [0.1, 0.15) is 18.4 Å². The number of carbonyl (C=O) groups is 1. The van der Waals surface area contributed by atoms with Crippen molar-refractivity contribution in [2.45, 2.75) is 25.8 Å². The number of halogens is 1. The van der Waals surface area contributed by atoms with Gasteiger partial charge in [0.2, 0.25) is 5.91 Å². The molecule has 0 saturated carbocycles. The van der Waals surface area contributed by atoms with Crippen molar-refractivity contribution in [3.8, 4) is 23.1 Å². The van der Waals surface area contributed by atoms with Gasteiger partial charge in [0.15, 0.2) is 5.82 Å². The molecule has 5 aromatic rings. The summed E-state index contributed by atoms with van der Waals surface area (Å²) in [5.41, 5.74) is 2.63. The van der Waals surface area contributed by atoms with Crippen molar-refractivity contribution in [2.75, 3.05) is 30.8 Å². The number of aromatic nitrogens is 5. The van der Waals surface area contributed by atoms with Crippen LogP contribution in [0.2, 0.25) is 0 Å². The van der Waals surface area contributed by atoms with Crippen molar-refractivity contribution < 1.29 is 18.7 Å². The lowest BCUT2D eigenvalue weighted by Crippen LogP contribution is -2.41. The number of hydrogen-bond acceptors (Lipinski definition) is 9. The Kier molecular flexibility index (Phi) is 8.04. The summed E-state index contributed by atoms with van der Waals surface area (Å²) in [5.74, 6) is 1.90. The smallest absolute Gasteiger partial charge is 0.245 e. The Labute approximate surface area is 253 Å². The normalized spacial score (nSPS) is 13.5. The first-order valence-electron chi connectivity index (χ1n) is 14.1. The van der Waals surface area contributed by atoms with Crippen LogP contribution >= 0.6 is 0 Å². The Morgan fingerprint density at radius 2 is 1.89 bits per heavy atom. The highest BCUT2D eigenvalue weighted by molar-refractivity contribution is 5.95. The van der Waals surface area contributed by atoms with Gasteiger partial charge in [-0.3, -0.25) is 4.79 Å². The van der Waals surface area contributed by atoms with Crippen LogP contribution < -0.4 is 20.1 Å². The Morgan fingerprint density at radius 3 is 2.61 bits per heavy atom. The maximum atomic E-state index is 15.3. The van der Waals surface area contributed by atoms with Gasteiger partial charge in [-0.1, -0.05) is 6.58 Å². The number of nitrogens with zero attached hydrogens (tertiary/aromatic N) is 6. The fourth-order valence-corrected chi connectivity index (χ4v) is 5.11. The van der Waals surface area contributed by atoms with E-state index in [1.807, 2.05) is 25.3 Å². The number of fused-ring (bicyclic) bond motifs is 1. The number of ether oxygens (including phenoxy) is 2. The highest BCUT2D eigenvalue weighted by Gasteiger charge is 2.23. The summed E-state index contributed by atoms with van der Waals surface area (Å²) in [6.07, 6.45) is 9.53. The van der Waals surface area contributed by atoms with Crippen molar-refractivity contribution in [2.24, 2.45) is 0 Å². The molecule has 224 valence electrons. The van der Waals surface area contributed by atoms with E-state index in [1.54, 1.807) is 53.4 Å². The molecule has 1 fully saturated rings. The second-order valence-corrected chi connectivity index (χ2v) is 10.4. The molecule has 0 spiro atoms. The highest BCUT2D eigenvalue weighted by atomic mass is 19.1. The maximum Gasteiger partial charge on any atom is 0.245 e. The van der Waals surface area contributed by atoms with E-state index in [2.05, 4.69) is 37.3 Å². The van der Waals surface area contributed by atoms with Gasteiger partial charge >= 0.3 is 0 Å². The molecule has 0 atom stereocenters. The molecular weight excluding hydrogens is 563 g/mol. The van der Waals surface area contributed by atoms with Gasteiger partial charge in [-0.2, -0.15) is 5.10 Å². The number of piperidine rings is 1. The molecule has 1 saturated heterocycles. The van der Waals surface area contributed by atoms with Crippen molar-refractivity contribution >= 4 is 34.0 Å². The fraction of sp³-hybridized carbons (Fsp3) is 0.219. The zero-order valence-corrected chi connectivity index (χ0v) is 24.3. The number of amides is 1. The molecule has 0 radical (unpaired) electrons. The zero-order chi connectivity index (χ0) is 30.6. The van der Waals surface area contributed by atoms with E-state index in [9.17, 15) is 4.79 Å². The molecular formula is C32H31FN8O3. The molecule has 1 amide bonds. The van der Waals surface area contributed by atoms with Crippen LogP contribution in [0.25, 0.3) is 16.7 Å². The molecule has 4 heterocycles. The van der Waals surface area contributed by atoms with E-state index in [4.69, 9.17) is 9.47 Å². The number of methoxy groups -OCH3 is 1. The lowest BCUT2D eigenvalue weighted by atomic mass is 10.0. The lowest BCUT2D eigenvalue weighted by molar-refractivity contribution is -0.126. The monoisotopic (exact) mass is 594 g/mol. The Balaban J connectivity index is 1.20. The number of anilines is 3. The van der Waals surface area contributed by atoms with Crippen LogP contribution in [-0.4, -0.2) is 61.8 Å². The van der Waals surface area contributed by atoms with Crippen LogP contribution in [-0.2, 0) is 4.79 Å². The quantitative estimate of drug-likeness (QED) is 0.204. The minimum Gasteiger partial charge on any atom is -0.495 e. The van der Waals surface area contributed by atoms with Gasteiger partial charge < -0.3 is 25.0 Å². The van der Waals surface area contributed by atoms with E-state index in [0.29, 0.717) is 52.9 Å². The number of aryl methyl sites for hydroxylation is 1. The molecule has 12 heteroatoms. The van der Waals surface area contributed by atoms with E-state index >= 15 is 4.39 Å². The molecule has 44 heavy (non-hydrogen) atoms. The number of likely N-dealkylation sites (tertiary alicyclic amines) is 1. The fourth-order valence-electron chi connectivity index (χ4n) is 5.11. The topological polar surface area (TPSA) is 119 Å². The van der Waals surface area contributed by atoms with Gasteiger partial charge in [-0.15, -0.1) is 0 Å². The summed E-state index contributed by atoms with van der Waals surface area (Å²) in [5, 5.41) is 11.6. The third-order valence-electron chi connectivity index (χ3n) is 7.39. The third-order valence-corrected chi connectivity index (χ3v) is 7.39. The Hall–Kier alpha value is -5.52. The van der Waals surface area contributed by atoms with Gasteiger partial charge in [0.05, 0.1) is 30.2 Å². The van der Waals surface area contributed by atoms with Crippen molar-refractivity contribution in [1.82, 2.24) is 29.6 Å². The average molecular weight is 595 g/mol. The first-order chi connectivity index (χ1) is 21.4. The third kappa shape index (κ3) is 6.14. The van der Waals surface area contributed by atoms with Crippen LogP contribution in [0.5, 0.6) is 17.2 Å². The van der Waals surface area contributed by atoms with Crippen LogP contribution in [0.4, 0.5) is 21.6 Å². The largest absolute Gasteiger partial charge is 0.495 e. The molecule has 6 rings (SSSR count). The number of pyridine rings is 1. The first-order valence-corrected chi connectivity index (χ1v) is 14.1. The molecule has 1 aliphatic heterocycles. The summed E-state index contributed by atoms with van der Waals surface area (Å²) in [4.78, 5) is 26.9. The summed E-state index contributed by atoms with van der Waals surface area (Å²) in [6.45, 7) is 6.80. The van der Waals surface area contributed by atoms with Crippen LogP contribution in [0.3, 0.4) is 0 Å². The van der Waals surface area contributed by atoms with Gasteiger partial charge in [0, 0.05) is 55.1 Å². The zero-order valence-electron chi connectivity index (χ0n) is 24.3. The van der Waals surface area contributed by atoms with Gasteiger partial charge in [-0.05, 0) is 55.7 Å². The van der Waals surface area contributed by atoms with E-state index in [0.717, 1.165) is 24.1 Å².